The Kier molecular flexibility index (Phi) is 4.15. The number of aryl methyl sites for hydroxylation is 1. The van der Waals surface area contributed by atoms with Gasteiger partial charge in [-0.25, -0.2) is 0 Å². The molecule has 0 fully saturated rings. The van der Waals surface area contributed by atoms with Gasteiger partial charge in [-0.05, 0) is 21.3 Å². The van der Waals surface area contributed by atoms with Gasteiger partial charge in [0.05, 0.1) is 22.5 Å². The largest absolute Gasteiger partial charge is 0.384 e. The number of hydrogen-bond acceptors (Lipinski definition) is 3. The van der Waals surface area contributed by atoms with Gasteiger partial charge in [0.1, 0.15) is 6.10 Å². The van der Waals surface area contributed by atoms with E-state index in [0.29, 0.717) is 0 Å². The molecule has 0 saturated carbocycles. The van der Waals surface area contributed by atoms with E-state index in [-0.39, 0.29) is 11.5 Å². The molecule has 4 nitrogen and oxygen atoms in total. The molecule has 16 heavy (non-hydrogen) atoms. The summed E-state index contributed by atoms with van der Waals surface area (Å²) in [5.74, 6) is 0. The summed E-state index contributed by atoms with van der Waals surface area (Å²) in [5.41, 5.74) is 0.597. The molecular weight excluding hydrogens is 272 g/mol. The minimum atomic E-state index is -0.702. The van der Waals surface area contributed by atoms with Crippen LogP contribution < -0.4 is 0 Å². The number of aliphatic hydroxyl groups is 1. The lowest BCUT2D eigenvalue weighted by atomic mass is 9.84. The second-order valence-corrected chi connectivity index (χ2v) is 5.82. The Morgan fingerprint density at radius 2 is 2.06 bits per heavy atom. The fraction of sp³-hybridized carbons (Fsp3) is 0.727. The van der Waals surface area contributed by atoms with Crippen molar-refractivity contribution in [3.05, 3.63) is 16.4 Å². The summed E-state index contributed by atoms with van der Waals surface area (Å²) < 4.78 is 7.86. The van der Waals surface area contributed by atoms with Gasteiger partial charge in [0.25, 0.3) is 0 Å². The smallest absolute Gasteiger partial charge is 0.123 e. The van der Waals surface area contributed by atoms with Gasteiger partial charge in [-0.2, -0.15) is 5.10 Å². The van der Waals surface area contributed by atoms with Gasteiger partial charge >= 0.3 is 0 Å². The molecule has 2 unspecified atom stereocenters. The van der Waals surface area contributed by atoms with Crippen LogP contribution in [-0.4, -0.2) is 28.1 Å². The number of ether oxygens (including phenoxy) is 1. The third kappa shape index (κ3) is 2.64. The van der Waals surface area contributed by atoms with Crippen molar-refractivity contribution in [3.63, 3.8) is 0 Å². The number of aromatic nitrogens is 2. The van der Waals surface area contributed by atoms with Crippen LogP contribution in [0.1, 0.15) is 32.6 Å². The monoisotopic (exact) mass is 290 g/mol. The topological polar surface area (TPSA) is 47.3 Å². The summed E-state index contributed by atoms with van der Waals surface area (Å²) >= 11 is 3.38. The first-order chi connectivity index (χ1) is 7.29. The highest BCUT2D eigenvalue weighted by Crippen LogP contribution is 2.34. The van der Waals surface area contributed by atoms with Gasteiger partial charge in [-0.15, -0.1) is 0 Å². The molecule has 1 heterocycles. The maximum atomic E-state index is 10.4. The number of rotatable bonds is 3. The van der Waals surface area contributed by atoms with E-state index in [1.807, 2.05) is 20.8 Å². The van der Waals surface area contributed by atoms with Crippen LogP contribution >= 0.6 is 15.9 Å². The lowest BCUT2D eigenvalue weighted by Crippen LogP contribution is -2.35. The Hall–Kier alpha value is -0.390. The van der Waals surface area contributed by atoms with Gasteiger partial charge < -0.3 is 9.84 Å². The van der Waals surface area contributed by atoms with Crippen LogP contribution in [0.15, 0.2) is 10.7 Å². The Bertz CT molecular complexity index is 338. The molecule has 92 valence electrons. The Morgan fingerprint density at radius 1 is 1.50 bits per heavy atom. The van der Waals surface area contributed by atoms with Crippen molar-refractivity contribution in [2.24, 2.45) is 12.5 Å². The van der Waals surface area contributed by atoms with E-state index in [1.165, 1.54) is 0 Å². The van der Waals surface area contributed by atoms with Crippen LogP contribution in [0.25, 0.3) is 0 Å². The van der Waals surface area contributed by atoms with E-state index in [2.05, 4.69) is 21.0 Å². The molecule has 0 spiro atoms. The first kappa shape index (κ1) is 13.7. The summed E-state index contributed by atoms with van der Waals surface area (Å²) in [4.78, 5) is 0. The van der Waals surface area contributed by atoms with E-state index >= 15 is 0 Å². The van der Waals surface area contributed by atoms with Crippen molar-refractivity contribution in [2.45, 2.75) is 33.0 Å². The molecule has 0 saturated heterocycles. The molecule has 1 aromatic rings. The fourth-order valence-corrected chi connectivity index (χ4v) is 2.44. The van der Waals surface area contributed by atoms with Crippen LogP contribution in [0.2, 0.25) is 0 Å². The number of halogens is 1. The number of nitrogens with zero attached hydrogens (tertiary/aromatic N) is 2. The molecule has 0 amide bonds. The molecule has 0 aliphatic heterocycles. The minimum Gasteiger partial charge on any atom is -0.384 e. The van der Waals surface area contributed by atoms with Crippen molar-refractivity contribution in [1.29, 1.82) is 0 Å². The first-order valence-corrected chi connectivity index (χ1v) is 5.96. The zero-order chi connectivity index (χ0) is 12.5. The van der Waals surface area contributed by atoms with E-state index in [0.717, 1.165) is 10.2 Å². The number of methoxy groups -OCH3 is 1. The van der Waals surface area contributed by atoms with E-state index in [9.17, 15) is 5.11 Å². The molecule has 1 rings (SSSR count). The van der Waals surface area contributed by atoms with Gasteiger partial charge in [-0.1, -0.05) is 20.8 Å². The zero-order valence-electron chi connectivity index (χ0n) is 10.4. The average molecular weight is 291 g/mol. The maximum absolute atomic E-state index is 10.4. The van der Waals surface area contributed by atoms with Gasteiger partial charge in [0, 0.05) is 14.2 Å². The standard InChI is InChI=1S/C11H19BrN2O2/c1-11(2,3)10(16-5)9(15)8-7(12)6-13-14(8)4/h6,9-10,15H,1-5H3. The summed E-state index contributed by atoms with van der Waals surface area (Å²) in [5, 5.41) is 14.4. The summed E-state index contributed by atoms with van der Waals surface area (Å²) in [7, 11) is 3.42. The van der Waals surface area contributed by atoms with Crippen molar-refractivity contribution in [2.75, 3.05) is 7.11 Å². The third-order valence-electron chi connectivity index (χ3n) is 2.61. The quantitative estimate of drug-likeness (QED) is 0.929. The highest BCUT2D eigenvalue weighted by Gasteiger charge is 2.34. The van der Waals surface area contributed by atoms with E-state index in [1.54, 1.807) is 25.0 Å². The predicted molar refractivity (Wildman–Crippen MR) is 66.1 cm³/mol. The molecular formula is C11H19BrN2O2. The average Bonchev–Trinajstić information content (AvgIpc) is 2.44. The van der Waals surface area contributed by atoms with E-state index < -0.39 is 6.10 Å². The minimum absolute atomic E-state index is 0.141. The molecule has 0 aromatic carbocycles. The van der Waals surface area contributed by atoms with Crippen molar-refractivity contribution in [1.82, 2.24) is 9.78 Å². The second kappa shape index (κ2) is 4.85. The Labute approximate surface area is 105 Å². The van der Waals surface area contributed by atoms with Crippen LogP contribution in [0.4, 0.5) is 0 Å². The first-order valence-electron chi connectivity index (χ1n) is 5.17. The maximum Gasteiger partial charge on any atom is 0.123 e. The van der Waals surface area contributed by atoms with Crippen LogP contribution in [0, 0.1) is 5.41 Å². The third-order valence-corrected chi connectivity index (χ3v) is 3.22. The summed E-state index contributed by atoms with van der Waals surface area (Å²) in [6.45, 7) is 6.11. The molecule has 0 aliphatic rings. The normalized spacial score (nSPS) is 16.2. The van der Waals surface area contributed by atoms with Crippen molar-refractivity contribution >= 4 is 15.9 Å². The fourth-order valence-electron chi connectivity index (χ4n) is 1.85. The van der Waals surface area contributed by atoms with Crippen LogP contribution in [-0.2, 0) is 11.8 Å². The molecule has 5 heteroatoms. The van der Waals surface area contributed by atoms with Crippen molar-refractivity contribution in [3.8, 4) is 0 Å². The van der Waals surface area contributed by atoms with Gasteiger partial charge in [0.2, 0.25) is 0 Å². The summed E-state index contributed by atoms with van der Waals surface area (Å²) in [6, 6.07) is 0. The molecule has 1 aromatic heterocycles. The second-order valence-electron chi connectivity index (χ2n) is 4.97. The molecule has 0 radical (unpaired) electrons. The highest BCUT2D eigenvalue weighted by molar-refractivity contribution is 9.10. The lowest BCUT2D eigenvalue weighted by molar-refractivity contribution is -0.0754. The summed E-state index contributed by atoms with van der Waals surface area (Å²) in [6.07, 6.45) is 0.694. The lowest BCUT2D eigenvalue weighted by Gasteiger charge is -2.33. The molecule has 0 aliphatic carbocycles. The highest BCUT2D eigenvalue weighted by atomic mass is 79.9. The number of aliphatic hydroxyl groups excluding tert-OH is 1. The van der Waals surface area contributed by atoms with Gasteiger partial charge in [-0.3, -0.25) is 4.68 Å². The zero-order valence-corrected chi connectivity index (χ0v) is 11.9. The predicted octanol–water partition coefficient (Wildman–Crippen LogP) is 2.28. The van der Waals surface area contributed by atoms with Gasteiger partial charge in [0.15, 0.2) is 0 Å². The Balaban J connectivity index is 3.05. The van der Waals surface area contributed by atoms with Crippen molar-refractivity contribution < 1.29 is 9.84 Å². The Morgan fingerprint density at radius 3 is 2.38 bits per heavy atom. The SMILES string of the molecule is COC(C(O)c1c(Br)cnn1C)C(C)(C)C. The van der Waals surface area contributed by atoms with Crippen LogP contribution in [0.3, 0.4) is 0 Å². The molecule has 0 bridgehead atoms. The molecule has 1 N–H and O–H groups in total. The van der Waals surface area contributed by atoms with E-state index in [4.69, 9.17) is 4.74 Å². The molecule has 2 atom stereocenters. The number of hydrogen-bond donors (Lipinski definition) is 1. The van der Waals surface area contributed by atoms with Crippen LogP contribution in [0.5, 0.6) is 0 Å².